The van der Waals surface area contributed by atoms with Crippen molar-refractivity contribution in [2.75, 3.05) is 11.5 Å². The van der Waals surface area contributed by atoms with E-state index < -0.39 is 0 Å². The highest BCUT2D eigenvalue weighted by atomic mass is 32.2. The fourth-order valence-electron chi connectivity index (χ4n) is 1.62. The van der Waals surface area contributed by atoms with Gasteiger partial charge in [0.15, 0.2) is 5.11 Å². The van der Waals surface area contributed by atoms with Gasteiger partial charge in [-0.2, -0.15) is 5.01 Å². The molecule has 0 aliphatic carbocycles. The van der Waals surface area contributed by atoms with Crippen molar-refractivity contribution in [1.29, 1.82) is 0 Å². The highest BCUT2D eigenvalue weighted by Gasteiger charge is 2.41. The number of nitrogens with zero attached hydrogens (tertiary/aromatic N) is 1. The van der Waals surface area contributed by atoms with Crippen molar-refractivity contribution >= 4 is 40.9 Å². The second-order valence-electron chi connectivity index (χ2n) is 4.80. The fourth-order valence-corrected chi connectivity index (χ4v) is 5.16. The van der Waals surface area contributed by atoms with Gasteiger partial charge in [0.2, 0.25) is 0 Å². The average molecular weight is 263 g/mol. The van der Waals surface area contributed by atoms with Crippen LogP contribution in [0.1, 0.15) is 20.8 Å². The van der Waals surface area contributed by atoms with Gasteiger partial charge in [-0.05, 0) is 33.0 Å². The summed E-state index contributed by atoms with van der Waals surface area (Å²) in [6.45, 7) is 6.34. The molecule has 0 aromatic rings. The normalized spacial score (nSPS) is 30.6. The van der Waals surface area contributed by atoms with E-state index in [1.165, 1.54) is 11.5 Å². The first-order chi connectivity index (χ1) is 6.96. The van der Waals surface area contributed by atoms with Gasteiger partial charge in [-0.15, -0.1) is 23.5 Å². The number of nitrogens with one attached hydrogen (secondary N) is 2. The summed E-state index contributed by atoms with van der Waals surface area (Å²) in [5.74, 6) is 2.42. The Morgan fingerprint density at radius 3 is 2.20 bits per heavy atom. The minimum absolute atomic E-state index is 0.0309. The smallest absolute Gasteiger partial charge is 0.181 e. The molecule has 0 radical (unpaired) electrons. The number of hydrogen-bond acceptors (Lipinski definition) is 4. The molecule has 6 heteroatoms. The average Bonchev–Trinajstić information content (AvgIpc) is 2.61. The van der Waals surface area contributed by atoms with Gasteiger partial charge < -0.3 is 5.32 Å². The Balaban J connectivity index is 1.85. The predicted molar refractivity (Wildman–Crippen MR) is 73.0 cm³/mol. The molecule has 2 rings (SSSR count). The molecule has 2 aliphatic heterocycles. The van der Waals surface area contributed by atoms with Crippen LogP contribution in [0.4, 0.5) is 0 Å². The van der Waals surface area contributed by atoms with Gasteiger partial charge in [-0.25, -0.2) is 0 Å². The molecule has 2 N–H and O–H groups in total. The third-order valence-corrected chi connectivity index (χ3v) is 5.39. The Kier molecular flexibility index (Phi) is 3.40. The number of fused-ring (bicyclic) bond motifs is 2. The number of hydrazine groups is 1. The van der Waals surface area contributed by atoms with E-state index in [4.69, 9.17) is 12.2 Å². The maximum Gasteiger partial charge on any atom is 0.181 e. The monoisotopic (exact) mass is 263 g/mol. The molecule has 0 amide bonds. The zero-order chi connectivity index (χ0) is 11.1. The highest BCUT2D eigenvalue weighted by molar-refractivity contribution is 8.07. The van der Waals surface area contributed by atoms with E-state index in [1.807, 2.05) is 23.5 Å². The second kappa shape index (κ2) is 4.31. The van der Waals surface area contributed by atoms with Crippen LogP contribution in [-0.2, 0) is 0 Å². The lowest BCUT2D eigenvalue weighted by molar-refractivity contribution is 0.251. The van der Waals surface area contributed by atoms with Crippen LogP contribution in [0.5, 0.6) is 0 Å². The van der Waals surface area contributed by atoms with Crippen LogP contribution in [0, 0.1) is 0 Å². The van der Waals surface area contributed by atoms with E-state index in [-0.39, 0.29) is 5.54 Å². The Hall–Kier alpha value is 0.350. The van der Waals surface area contributed by atoms with Crippen LogP contribution in [0.3, 0.4) is 0 Å². The molecule has 2 fully saturated rings. The first-order valence-electron chi connectivity index (χ1n) is 5.06. The van der Waals surface area contributed by atoms with Gasteiger partial charge in [-0.1, -0.05) is 0 Å². The molecule has 0 aromatic heterocycles. The number of thiocarbonyl (C=S) groups is 1. The lowest BCUT2D eigenvalue weighted by Gasteiger charge is -2.27. The molecule has 2 heterocycles. The molecule has 0 saturated carbocycles. The molecule has 2 bridgehead atoms. The third kappa shape index (κ3) is 2.93. The SMILES string of the molecule is CC(C)(C)NC(=S)NN1[C@H]2CS[C@@H]1CS2. The topological polar surface area (TPSA) is 27.3 Å². The minimum atomic E-state index is 0.0309. The molecule has 2 aliphatic rings. The lowest BCUT2D eigenvalue weighted by atomic mass is 10.1. The molecule has 2 saturated heterocycles. The van der Waals surface area contributed by atoms with Crippen molar-refractivity contribution in [3.05, 3.63) is 0 Å². The Bertz CT molecular complexity index is 244. The third-order valence-electron chi connectivity index (χ3n) is 2.20. The summed E-state index contributed by atoms with van der Waals surface area (Å²) >= 11 is 9.32. The number of thioether (sulfide) groups is 2. The van der Waals surface area contributed by atoms with Crippen LogP contribution in [0.15, 0.2) is 0 Å². The lowest BCUT2D eigenvalue weighted by Crippen LogP contribution is -2.53. The first kappa shape index (κ1) is 11.8. The maximum atomic E-state index is 5.29. The quantitative estimate of drug-likeness (QED) is 0.698. The Morgan fingerprint density at radius 2 is 1.80 bits per heavy atom. The van der Waals surface area contributed by atoms with E-state index in [0.29, 0.717) is 10.7 Å². The van der Waals surface area contributed by atoms with E-state index in [0.717, 1.165) is 5.11 Å². The van der Waals surface area contributed by atoms with Gasteiger partial charge in [0, 0.05) is 17.0 Å². The van der Waals surface area contributed by atoms with Crippen molar-refractivity contribution < 1.29 is 0 Å². The van der Waals surface area contributed by atoms with Crippen LogP contribution >= 0.6 is 35.7 Å². The molecule has 15 heavy (non-hydrogen) atoms. The van der Waals surface area contributed by atoms with Crippen molar-refractivity contribution in [3.8, 4) is 0 Å². The van der Waals surface area contributed by atoms with Gasteiger partial charge in [0.05, 0.1) is 10.7 Å². The van der Waals surface area contributed by atoms with Gasteiger partial charge in [-0.3, -0.25) is 5.43 Å². The molecule has 3 nitrogen and oxygen atoms in total. The van der Waals surface area contributed by atoms with Gasteiger partial charge in [0.25, 0.3) is 0 Å². The van der Waals surface area contributed by atoms with E-state index in [9.17, 15) is 0 Å². The van der Waals surface area contributed by atoms with E-state index >= 15 is 0 Å². The summed E-state index contributed by atoms with van der Waals surface area (Å²) < 4.78 is 0. The zero-order valence-corrected chi connectivity index (χ0v) is 11.7. The summed E-state index contributed by atoms with van der Waals surface area (Å²) in [4.78, 5) is 0. The highest BCUT2D eigenvalue weighted by Crippen LogP contribution is 2.42. The molecular weight excluding hydrogens is 246 g/mol. The van der Waals surface area contributed by atoms with Crippen molar-refractivity contribution in [2.45, 2.75) is 37.1 Å². The predicted octanol–water partition coefficient (Wildman–Crippen LogP) is 1.61. The van der Waals surface area contributed by atoms with Crippen LogP contribution < -0.4 is 10.7 Å². The summed E-state index contributed by atoms with van der Waals surface area (Å²) in [6.07, 6.45) is 0. The molecular formula is C9H17N3S3. The summed E-state index contributed by atoms with van der Waals surface area (Å²) in [7, 11) is 0. The standard InChI is InChI=1S/C9H17N3S3/c1-9(2,3)10-8(13)11-12-6-4-14-7(12)5-15-6/h6-7H,4-5H2,1-3H3,(H2,10,11,13)/t6-,7-/m1/s1. The van der Waals surface area contributed by atoms with Crippen molar-refractivity contribution in [3.63, 3.8) is 0 Å². The first-order valence-corrected chi connectivity index (χ1v) is 7.57. The van der Waals surface area contributed by atoms with E-state index in [2.05, 4.69) is 36.5 Å². The largest absolute Gasteiger partial charge is 0.357 e. The molecule has 0 spiro atoms. The van der Waals surface area contributed by atoms with Crippen molar-refractivity contribution in [1.82, 2.24) is 15.8 Å². The Labute approximate surface area is 105 Å². The second-order valence-corrected chi connectivity index (χ2v) is 7.63. The minimum Gasteiger partial charge on any atom is -0.357 e. The van der Waals surface area contributed by atoms with Crippen LogP contribution in [0.2, 0.25) is 0 Å². The fraction of sp³-hybridized carbons (Fsp3) is 0.889. The zero-order valence-electron chi connectivity index (χ0n) is 9.24. The summed E-state index contributed by atoms with van der Waals surface area (Å²) in [5.41, 5.74) is 3.34. The number of rotatable bonds is 1. The Morgan fingerprint density at radius 1 is 1.27 bits per heavy atom. The van der Waals surface area contributed by atoms with Crippen LogP contribution in [-0.4, -0.2) is 37.9 Å². The molecule has 2 atom stereocenters. The van der Waals surface area contributed by atoms with E-state index in [1.54, 1.807) is 0 Å². The van der Waals surface area contributed by atoms with Crippen LogP contribution in [0.25, 0.3) is 0 Å². The summed E-state index contributed by atoms with van der Waals surface area (Å²) in [6, 6.07) is 0. The maximum absolute atomic E-state index is 5.29. The van der Waals surface area contributed by atoms with Crippen molar-refractivity contribution in [2.24, 2.45) is 0 Å². The van der Waals surface area contributed by atoms with Gasteiger partial charge in [0.1, 0.15) is 0 Å². The molecule has 0 aromatic carbocycles. The van der Waals surface area contributed by atoms with Gasteiger partial charge >= 0.3 is 0 Å². The number of hydrogen-bond donors (Lipinski definition) is 2. The molecule has 86 valence electrons. The molecule has 0 unspecified atom stereocenters. The summed E-state index contributed by atoms with van der Waals surface area (Å²) in [5, 5.41) is 7.50.